The zero-order chi connectivity index (χ0) is 17.5. The lowest BCUT2D eigenvalue weighted by atomic mass is 10.3. The number of rotatable bonds is 8. The Morgan fingerprint density at radius 3 is 3.00 bits per heavy atom. The largest absolute Gasteiger partial charge is 0.355 e. The highest BCUT2D eigenvalue weighted by Gasteiger charge is 2.09. The van der Waals surface area contributed by atoms with Crippen LogP contribution in [0, 0.1) is 6.92 Å². The Morgan fingerprint density at radius 1 is 1.32 bits per heavy atom. The van der Waals surface area contributed by atoms with Crippen molar-refractivity contribution in [2.75, 3.05) is 45.0 Å². The third-order valence-corrected chi connectivity index (χ3v) is 5.28. The molecule has 0 aromatic carbocycles. The van der Waals surface area contributed by atoms with Gasteiger partial charge in [0.1, 0.15) is 5.65 Å². The van der Waals surface area contributed by atoms with Crippen LogP contribution in [0.5, 0.6) is 0 Å². The first-order chi connectivity index (χ1) is 12.2. The smallest absolute Gasteiger partial charge is 0.230 e. The average Bonchev–Trinajstić information content (AvgIpc) is 3.01. The zero-order valence-electron chi connectivity index (χ0n) is 14.8. The molecular formula is C18H27N5OS. The summed E-state index contributed by atoms with van der Waals surface area (Å²) in [5.41, 5.74) is 3.19. The zero-order valence-corrected chi connectivity index (χ0v) is 15.6. The summed E-state index contributed by atoms with van der Waals surface area (Å²) in [5.74, 6) is 1.36. The van der Waals surface area contributed by atoms with Gasteiger partial charge in [0.05, 0.1) is 11.4 Å². The van der Waals surface area contributed by atoms with Crippen molar-refractivity contribution < 1.29 is 4.79 Å². The highest BCUT2D eigenvalue weighted by Crippen LogP contribution is 2.13. The molecule has 0 unspecified atom stereocenters. The lowest BCUT2D eigenvalue weighted by molar-refractivity contribution is -0.118. The summed E-state index contributed by atoms with van der Waals surface area (Å²) >= 11 is 1.61. The molecule has 1 saturated heterocycles. The van der Waals surface area contributed by atoms with Crippen molar-refractivity contribution >= 4 is 23.3 Å². The van der Waals surface area contributed by atoms with Crippen molar-refractivity contribution in [2.45, 2.75) is 19.1 Å². The highest BCUT2D eigenvalue weighted by atomic mass is 32.2. The quantitative estimate of drug-likeness (QED) is 0.694. The van der Waals surface area contributed by atoms with Crippen LogP contribution in [0.3, 0.4) is 0 Å². The number of amides is 1. The predicted octanol–water partition coefficient (Wildman–Crippen LogP) is 1.29. The van der Waals surface area contributed by atoms with Crippen LogP contribution in [-0.4, -0.2) is 65.2 Å². The Morgan fingerprint density at radius 2 is 2.16 bits per heavy atom. The van der Waals surface area contributed by atoms with Crippen molar-refractivity contribution in [1.29, 1.82) is 0 Å². The Labute approximate surface area is 153 Å². The van der Waals surface area contributed by atoms with E-state index in [1.54, 1.807) is 11.8 Å². The summed E-state index contributed by atoms with van der Waals surface area (Å²) < 4.78 is 2.04. The maximum Gasteiger partial charge on any atom is 0.230 e. The molecule has 1 aliphatic heterocycles. The van der Waals surface area contributed by atoms with Crippen molar-refractivity contribution in [3.05, 3.63) is 35.8 Å². The molecule has 1 aliphatic rings. The van der Waals surface area contributed by atoms with Crippen LogP contribution in [-0.2, 0) is 10.5 Å². The second kappa shape index (κ2) is 9.22. The van der Waals surface area contributed by atoms with Crippen LogP contribution < -0.4 is 10.6 Å². The van der Waals surface area contributed by atoms with Crippen molar-refractivity contribution in [3.8, 4) is 0 Å². The number of carbonyl (C=O) groups excluding carboxylic acids is 1. The van der Waals surface area contributed by atoms with Crippen LogP contribution in [0.25, 0.3) is 5.65 Å². The van der Waals surface area contributed by atoms with Crippen molar-refractivity contribution in [1.82, 2.24) is 24.9 Å². The maximum absolute atomic E-state index is 11.9. The number of nitrogens with zero attached hydrogens (tertiary/aromatic N) is 3. The van der Waals surface area contributed by atoms with Crippen molar-refractivity contribution in [2.24, 2.45) is 0 Å². The van der Waals surface area contributed by atoms with Gasteiger partial charge in [0.2, 0.25) is 5.91 Å². The van der Waals surface area contributed by atoms with Crippen LogP contribution in [0.1, 0.15) is 17.7 Å². The van der Waals surface area contributed by atoms with Crippen LogP contribution >= 0.6 is 11.8 Å². The molecule has 2 N–H and O–H groups in total. The highest BCUT2D eigenvalue weighted by molar-refractivity contribution is 7.99. The molecule has 3 heterocycles. The SMILES string of the molecule is Cc1ccc2nc(CSCC(=O)NCCCN3CCNCC3)cn2c1. The maximum atomic E-state index is 11.9. The molecule has 0 radical (unpaired) electrons. The van der Waals surface area contributed by atoms with Gasteiger partial charge in [-0.2, -0.15) is 0 Å². The summed E-state index contributed by atoms with van der Waals surface area (Å²) in [6.07, 6.45) is 5.13. The van der Waals surface area contributed by atoms with E-state index in [4.69, 9.17) is 0 Å². The molecule has 0 saturated carbocycles. The van der Waals surface area contributed by atoms with E-state index >= 15 is 0 Å². The topological polar surface area (TPSA) is 61.7 Å². The minimum atomic E-state index is 0.116. The fourth-order valence-corrected chi connectivity index (χ4v) is 3.73. The molecule has 0 spiro atoms. The predicted molar refractivity (Wildman–Crippen MR) is 103 cm³/mol. The second-order valence-corrected chi connectivity index (χ2v) is 7.48. The molecule has 3 rings (SSSR count). The Bertz CT molecular complexity index is 696. The number of aromatic nitrogens is 2. The Kier molecular flexibility index (Phi) is 6.72. The molecule has 1 fully saturated rings. The summed E-state index contributed by atoms with van der Waals surface area (Å²) in [4.78, 5) is 18.9. The van der Waals surface area contributed by atoms with E-state index in [0.29, 0.717) is 5.75 Å². The van der Waals surface area contributed by atoms with E-state index in [1.807, 2.05) is 16.7 Å². The summed E-state index contributed by atoms with van der Waals surface area (Å²) in [7, 11) is 0. The number of thioether (sulfide) groups is 1. The normalized spacial score (nSPS) is 15.6. The number of imidazole rings is 1. The number of carbonyl (C=O) groups is 1. The van der Waals surface area contributed by atoms with Gasteiger partial charge in [0.15, 0.2) is 0 Å². The van der Waals surface area contributed by atoms with Gasteiger partial charge in [-0.25, -0.2) is 4.98 Å². The van der Waals surface area contributed by atoms with Crippen molar-refractivity contribution in [3.63, 3.8) is 0 Å². The first-order valence-electron chi connectivity index (χ1n) is 8.92. The third-order valence-electron chi connectivity index (χ3n) is 4.31. The third kappa shape index (κ3) is 5.73. The van der Waals surface area contributed by atoms with Gasteiger partial charge < -0.3 is 19.9 Å². The lowest BCUT2D eigenvalue weighted by Crippen LogP contribution is -2.44. The van der Waals surface area contributed by atoms with E-state index in [1.165, 1.54) is 5.56 Å². The monoisotopic (exact) mass is 361 g/mol. The van der Waals surface area contributed by atoms with E-state index in [-0.39, 0.29) is 5.91 Å². The first kappa shape index (κ1) is 18.2. The number of pyridine rings is 1. The molecule has 25 heavy (non-hydrogen) atoms. The molecule has 0 bridgehead atoms. The van der Waals surface area contributed by atoms with E-state index < -0.39 is 0 Å². The minimum Gasteiger partial charge on any atom is -0.355 e. The molecule has 2 aromatic heterocycles. The molecule has 6 nitrogen and oxygen atoms in total. The Balaban J connectivity index is 1.30. The van der Waals surface area contributed by atoms with E-state index in [0.717, 1.165) is 62.8 Å². The molecule has 136 valence electrons. The lowest BCUT2D eigenvalue weighted by Gasteiger charge is -2.27. The van der Waals surface area contributed by atoms with Gasteiger partial charge >= 0.3 is 0 Å². The fraction of sp³-hybridized carbons (Fsp3) is 0.556. The minimum absolute atomic E-state index is 0.116. The van der Waals surface area contributed by atoms with Gasteiger partial charge in [-0.05, 0) is 31.5 Å². The molecule has 2 aromatic rings. The number of piperazine rings is 1. The molecule has 7 heteroatoms. The van der Waals surface area contributed by atoms with Gasteiger partial charge in [0, 0.05) is 50.9 Å². The van der Waals surface area contributed by atoms with Gasteiger partial charge in [-0.3, -0.25) is 4.79 Å². The fourth-order valence-electron chi connectivity index (χ4n) is 2.99. The van der Waals surface area contributed by atoms with Gasteiger partial charge in [-0.15, -0.1) is 11.8 Å². The molecule has 1 amide bonds. The van der Waals surface area contributed by atoms with E-state index in [9.17, 15) is 4.79 Å². The molecule has 0 atom stereocenters. The molecule has 0 aliphatic carbocycles. The number of nitrogens with one attached hydrogen (secondary N) is 2. The standard InChI is InChI=1S/C18H27N5OS/c1-15-3-4-17-21-16(12-23(17)11-15)13-25-14-18(24)20-5-2-8-22-9-6-19-7-10-22/h3-4,11-12,19H,2,5-10,13-14H2,1H3,(H,20,24). The summed E-state index contributed by atoms with van der Waals surface area (Å²) in [6, 6.07) is 4.09. The van der Waals surface area contributed by atoms with Gasteiger partial charge in [-0.1, -0.05) is 6.07 Å². The van der Waals surface area contributed by atoms with E-state index in [2.05, 4.69) is 39.7 Å². The number of hydrogen-bond acceptors (Lipinski definition) is 5. The first-order valence-corrected chi connectivity index (χ1v) is 10.1. The van der Waals surface area contributed by atoms with Crippen LogP contribution in [0.2, 0.25) is 0 Å². The van der Waals surface area contributed by atoms with Crippen LogP contribution in [0.15, 0.2) is 24.5 Å². The average molecular weight is 362 g/mol. The summed E-state index contributed by atoms with van der Waals surface area (Å²) in [5, 5.41) is 6.37. The number of fused-ring (bicyclic) bond motifs is 1. The number of hydrogen-bond donors (Lipinski definition) is 2. The second-order valence-electron chi connectivity index (χ2n) is 6.49. The molecular weight excluding hydrogens is 334 g/mol. The Hall–Kier alpha value is -1.57. The number of aryl methyl sites for hydroxylation is 1. The van der Waals surface area contributed by atoms with Crippen LogP contribution in [0.4, 0.5) is 0 Å². The summed E-state index contributed by atoms with van der Waals surface area (Å²) in [6.45, 7) is 8.27. The van der Waals surface area contributed by atoms with Gasteiger partial charge in [0.25, 0.3) is 0 Å².